The van der Waals surface area contributed by atoms with Gasteiger partial charge < -0.3 is 0 Å². The van der Waals surface area contributed by atoms with E-state index in [-0.39, 0.29) is 21.7 Å². The summed E-state index contributed by atoms with van der Waals surface area (Å²) in [4.78, 5) is 0. The third-order valence-corrected chi connectivity index (χ3v) is 8.46. The molecule has 0 spiro atoms. The van der Waals surface area contributed by atoms with E-state index in [2.05, 4.69) is 52.2 Å². The molecule has 1 aliphatic rings. The van der Waals surface area contributed by atoms with E-state index < -0.39 is 7.05 Å². The molecule has 1 nitrogen and oxygen atoms in total. The monoisotopic (exact) mass is 375 g/mol. The Kier molecular flexibility index (Phi) is 12.0. The molecule has 1 aliphatic carbocycles. The molecule has 1 aromatic carbocycles. The van der Waals surface area contributed by atoms with Crippen molar-refractivity contribution >= 4 is 12.6 Å². The molecule has 24 heavy (non-hydrogen) atoms. The van der Waals surface area contributed by atoms with Crippen LogP contribution in [0.4, 0.5) is 0 Å². The molecular weight excluding hydrogens is 345 g/mol. The first-order valence-corrected chi connectivity index (χ1v) is 10.7. The molecule has 0 fully saturated rings. The van der Waals surface area contributed by atoms with Crippen LogP contribution in [0, 0.1) is 0 Å². The van der Waals surface area contributed by atoms with Gasteiger partial charge in [-0.15, -0.1) is 0 Å². The van der Waals surface area contributed by atoms with Crippen molar-refractivity contribution in [2.75, 3.05) is 18.5 Å². The Balaban J connectivity index is 0.000000436. The zero-order chi connectivity index (χ0) is 17.1. The summed E-state index contributed by atoms with van der Waals surface area (Å²) >= 11 is 0. The summed E-state index contributed by atoms with van der Waals surface area (Å²) in [5, 5.41) is 0. The van der Waals surface area contributed by atoms with Gasteiger partial charge in [-0.05, 0) is 42.8 Å². The van der Waals surface area contributed by atoms with Gasteiger partial charge in [-0.1, -0.05) is 82.5 Å². The van der Waals surface area contributed by atoms with Crippen LogP contribution in [0.1, 0.15) is 32.8 Å². The van der Waals surface area contributed by atoms with Crippen LogP contribution in [-0.4, -0.2) is 18.5 Å². The smallest absolute Gasteiger partial charge is 0.0425 e. The van der Waals surface area contributed by atoms with Crippen LogP contribution >= 0.6 is 7.05 Å². The summed E-state index contributed by atoms with van der Waals surface area (Å²) < 4.78 is 4.97. The molecule has 0 saturated carbocycles. The van der Waals surface area contributed by atoms with Crippen molar-refractivity contribution in [1.82, 2.24) is 0 Å². The fourth-order valence-electron chi connectivity index (χ4n) is 2.44. The van der Waals surface area contributed by atoms with Gasteiger partial charge in [-0.25, -0.2) is 0 Å². The molecular formula is C21H30NPTi. The maximum Gasteiger partial charge on any atom is 0.0425 e. The van der Waals surface area contributed by atoms with Crippen molar-refractivity contribution in [1.29, 1.82) is 0 Å². The molecule has 0 bridgehead atoms. The van der Waals surface area contributed by atoms with Gasteiger partial charge in [0.25, 0.3) is 0 Å². The normalized spacial score (nSPS) is 12.4. The van der Waals surface area contributed by atoms with Crippen LogP contribution in [0.3, 0.4) is 0 Å². The van der Waals surface area contributed by atoms with Crippen LogP contribution in [-0.2, 0) is 21.7 Å². The standard InChI is InChI=1S/C11H20NP.C10H10.Ti/c1-4-13(5-2,6-3)12-11-9-7-8-10-11;1-3-9(2)10-7-5-4-6-8-10;/h7-9H,4-6,10H2,1-3H3;3-8H,1-2H2;. The Morgan fingerprint density at radius 3 is 2.12 bits per heavy atom. The Hall–Kier alpha value is -0.876. The minimum atomic E-state index is -0.971. The van der Waals surface area contributed by atoms with Gasteiger partial charge in [-0.3, -0.25) is 4.74 Å². The molecule has 0 unspecified atom stereocenters. The summed E-state index contributed by atoms with van der Waals surface area (Å²) in [6, 6.07) is 10.0. The Bertz CT molecular complexity index is 607. The SMILES string of the molecule is C=CC(=C)c1ccccc1.CCP(CC)(CC)=NC1=CC=CC1.[Ti]. The van der Waals surface area contributed by atoms with Crippen molar-refractivity contribution in [3.63, 3.8) is 0 Å². The molecule has 1 aromatic rings. The fraction of sp³-hybridized carbons (Fsp3) is 0.333. The quantitative estimate of drug-likeness (QED) is 0.289. The molecule has 0 radical (unpaired) electrons. The van der Waals surface area contributed by atoms with Gasteiger partial charge in [0.05, 0.1) is 0 Å². The zero-order valence-corrected chi connectivity index (χ0v) is 17.8. The van der Waals surface area contributed by atoms with E-state index in [1.165, 1.54) is 24.2 Å². The number of rotatable bonds is 6. The molecule has 0 saturated heterocycles. The molecule has 3 heteroatoms. The first-order chi connectivity index (χ1) is 11.1. The summed E-state index contributed by atoms with van der Waals surface area (Å²) in [5.74, 6) is 0. The van der Waals surface area contributed by atoms with Gasteiger partial charge in [0.1, 0.15) is 0 Å². The van der Waals surface area contributed by atoms with Crippen molar-refractivity contribution in [3.05, 3.63) is 79.1 Å². The summed E-state index contributed by atoms with van der Waals surface area (Å²) in [5.41, 5.74) is 3.41. The van der Waals surface area contributed by atoms with Crippen molar-refractivity contribution < 1.29 is 21.7 Å². The predicted octanol–water partition coefficient (Wildman–Crippen LogP) is 6.97. The molecule has 0 N–H and O–H groups in total. The second-order valence-electron chi connectivity index (χ2n) is 5.53. The number of hydrogen-bond acceptors (Lipinski definition) is 1. The number of hydrogen-bond donors (Lipinski definition) is 0. The molecule has 0 aromatic heterocycles. The molecule has 128 valence electrons. The third kappa shape index (κ3) is 7.35. The number of allylic oxidation sites excluding steroid dienone is 5. The van der Waals surface area contributed by atoms with Crippen LogP contribution in [0.15, 0.2) is 78.2 Å². The Labute approximate surface area is 163 Å². The van der Waals surface area contributed by atoms with Crippen molar-refractivity contribution in [2.45, 2.75) is 27.2 Å². The zero-order valence-electron chi connectivity index (χ0n) is 15.3. The van der Waals surface area contributed by atoms with Gasteiger partial charge >= 0.3 is 0 Å². The van der Waals surface area contributed by atoms with E-state index in [0.717, 1.165) is 17.6 Å². The summed E-state index contributed by atoms with van der Waals surface area (Å²) in [7, 11) is -0.971. The van der Waals surface area contributed by atoms with E-state index >= 15 is 0 Å². The molecule has 0 atom stereocenters. The molecule has 2 rings (SSSR count). The Morgan fingerprint density at radius 2 is 1.71 bits per heavy atom. The van der Waals surface area contributed by atoms with Crippen LogP contribution < -0.4 is 0 Å². The largest absolute Gasteiger partial charge is 0.272 e. The second kappa shape index (κ2) is 12.5. The average Bonchev–Trinajstić information content (AvgIpc) is 3.13. The van der Waals surface area contributed by atoms with Gasteiger partial charge in [0.15, 0.2) is 0 Å². The van der Waals surface area contributed by atoms with E-state index in [9.17, 15) is 0 Å². The molecule has 0 heterocycles. The van der Waals surface area contributed by atoms with Gasteiger partial charge in [-0.2, -0.15) is 0 Å². The van der Waals surface area contributed by atoms with E-state index in [4.69, 9.17) is 4.74 Å². The van der Waals surface area contributed by atoms with Gasteiger partial charge in [0, 0.05) is 33.8 Å². The van der Waals surface area contributed by atoms with Crippen LogP contribution in [0.25, 0.3) is 5.57 Å². The first kappa shape index (κ1) is 23.1. The summed E-state index contributed by atoms with van der Waals surface area (Å²) in [6.07, 6.45) is 13.1. The second-order valence-corrected chi connectivity index (χ2v) is 9.82. The van der Waals surface area contributed by atoms with Crippen molar-refractivity contribution in [2.24, 2.45) is 4.74 Å². The first-order valence-electron chi connectivity index (χ1n) is 8.42. The minimum absolute atomic E-state index is 0. The van der Waals surface area contributed by atoms with E-state index in [1.807, 2.05) is 30.3 Å². The minimum Gasteiger partial charge on any atom is -0.272 e. The predicted molar refractivity (Wildman–Crippen MR) is 108 cm³/mol. The van der Waals surface area contributed by atoms with Crippen molar-refractivity contribution in [3.8, 4) is 0 Å². The van der Waals surface area contributed by atoms with Crippen LogP contribution in [0.5, 0.6) is 0 Å². The molecule has 0 amide bonds. The maximum atomic E-state index is 4.97. The fourth-order valence-corrected chi connectivity index (χ4v) is 4.89. The van der Waals surface area contributed by atoms with Gasteiger partial charge in [0.2, 0.25) is 0 Å². The number of nitrogens with zero attached hydrogens (tertiary/aromatic N) is 1. The molecule has 0 aliphatic heterocycles. The Morgan fingerprint density at radius 1 is 1.12 bits per heavy atom. The number of benzene rings is 1. The summed E-state index contributed by atoms with van der Waals surface area (Å²) in [6.45, 7) is 14.3. The van der Waals surface area contributed by atoms with Crippen LogP contribution in [0.2, 0.25) is 0 Å². The average molecular weight is 375 g/mol. The van der Waals surface area contributed by atoms with E-state index in [1.54, 1.807) is 6.08 Å². The third-order valence-electron chi connectivity index (χ3n) is 4.25. The maximum absolute atomic E-state index is 4.97. The van der Waals surface area contributed by atoms with E-state index in [0.29, 0.717) is 0 Å². The topological polar surface area (TPSA) is 12.4 Å².